The summed E-state index contributed by atoms with van der Waals surface area (Å²) in [7, 11) is 3.42. The van der Waals surface area contributed by atoms with E-state index in [0.29, 0.717) is 23.8 Å². The Bertz CT molecular complexity index is 551. The Hall–Kier alpha value is -1.63. The van der Waals surface area contributed by atoms with Crippen molar-refractivity contribution in [3.8, 4) is 0 Å². The van der Waals surface area contributed by atoms with Gasteiger partial charge in [-0.2, -0.15) is 0 Å². The molecule has 1 aliphatic rings. The van der Waals surface area contributed by atoms with E-state index in [1.165, 1.54) is 4.90 Å². The topological polar surface area (TPSA) is 64.7 Å². The van der Waals surface area contributed by atoms with E-state index in [2.05, 4.69) is 22.5 Å². The lowest BCUT2D eigenvalue weighted by atomic mass is 10.1. The van der Waals surface area contributed by atoms with Gasteiger partial charge in [-0.1, -0.05) is 6.07 Å². The van der Waals surface area contributed by atoms with Gasteiger partial charge in [-0.25, -0.2) is 0 Å². The van der Waals surface area contributed by atoms with Crippen LogP contribution in [0.1, 0.15) is 17.3 Å². The molecule has 2 amide bonds. The summed E-state index contributed by atoms with van der Waals surface area (Å²) < 4.78 is 0. The second-order valence-corrected chi connectivity index (χ2v) is 5.85. The molecule has 1 saturated heterocycles. The van der Waals surface area contributed by atoms with Gasteiger partial charge in [0.25, 0.3) is 5.91 Å². The molecule has 2 rings (SSSR count). The second-order valence-electron chi connectivity index (χ2n) is 5.85. The van der Waals surface area contributed by atoms with Gasteiger partial charge in [-0.15, -0.1) is 12.4 Å². The van der Waals surface area contributed by atoms with Gasteiger partial charge in [0.1, 0.15) is 0 Å². The van der Waals surface area contributed by atoms with Gasteiger partial charge in [0.15, 0.2) is 0 Å². The molecule has 6 nitrogen and oxygen atoms in total. The van der Waals surface area contributed by atoms with Crippen LogP contribution in [-0.4, -0.2) is 67.9 Å². The molecule has 0 unspecified atom stereocenters. The molecule has 2 N–H and O–H groups in total. The number of carbonyl (C=O) groups is 2. The van der Waals surface area contributed by atoms with Gasteiger partial charge in [-0.3, -0.25) is 14.5 Å². The third-order valence-electron chi connectivity index (χ3n) is 3.79. The fourth-order valence-corrected chi connectivity index (χ4v) is 2.49. The minimum absolute atomic E-state index is 0. The molecular weight excluding hydrogens is 316 g/mol. The Morgan fingerprint density at radius 2 is 2.13 bits per heavy atom. The van der Waals surface area contributed by atoms with Gasteiger partial charge < -0.3 is 15.5 Å². The normalized spacial score (nSPS) is 18.0. The highest BCUT2D eigenvalue weighted by molar-refractivity contribution is 5.97. The Morgan fingerprint density at radius 3 is 2.78 bits per heavy atom. The van der Waals surface area contributed by atoms with Crippen molar-refractivity contribution in [2.45, 2.75) is 13.0 Å². The van der Waals surface area contributed by atoms with E-state index in [0.717, 1.165) is 19.6 Å². The van der Waals surface area contributed by atoms with Crippen LogP contribution in [0.4, 0.5) is 5.69 Å². The predicted octanol–water partition coefficient (Wildman–Crippen LogP) is 1.04. The molecule has 0 saturated carbocycles. The second kappa shape index (κ2) is 8.86. The summed E-state index contributed by atoms with van der Waals surface area (Å²) in [6.45, 7) is 5.16. The SMILES string of the molecule is C[C@@H]1CNCCN1CC(=O)Nc1cccc(C(=O)N(C)C)c1.Cl. The van der Waals surface area contributed by atoms with Crippen molar-refractivity contribution >= 4 is 29.9 Å². The van der Waals surface area contributed by atoms with Gasteiger partial charge in [0.05, 0.1) is 6.54 Å². The van der Waals surface area contributed by atoms with Crippen molar-refractivity contribution in [3.05, 3.63) is 29.8 Å². The van der Waals surface area contributed by atoms with E-state index in [1.807, 2.05) is 0 Å². The third kappa shape index (κ3) is 5.49. The van der Waals surface area contributed by atoms with Gasteiger partial charge in [0, 0.05) is 51.0 Å². The van der Waals surface area contributed by atoms with E-state index < -0.39 is 0 Å². The average molecular weight is 341 g/mol. The number of carbonyl (C=O) groups excluding carboxylic acids is 2. The van der Waals surface area contributed by atoms with Crippen LogP contribution >= 0.6 is 12.4 Å². The third-order valence-corrected chi connectivity index (χ3v) is 3.79. The molecule has 1 aliphatic heterocycles. The summed E-state index contributed by atoms with van der Waals surface area (Å²) in [5.74, 6) is -0.130. The molecule has 0 radical (unpaired) electrons. The number of anilines is 1. The number of hydrogen-bond acceptors (Lipinski definition) is 4. The maximum atomic E-state index is 12.2. The zero-order valence-electron chi connectivity index (χ0n) is 13.8. The quantitative estimate of drug-likeness (QED) is 0.859. The summed E-state index contributed by atoms with van der Waals surface area (Å²) in [6.07, 6.45) is 0. The van der Waals surface area contributed by atoms with Crippen LogP contribution in [0.3, 0.4) is 0 Å². The molecule has 0 aromatic heterocycles. The summed E-state index contributed by atoms with van der Waals surface area (Å²) in [5.41, 5.74) is 1.22. The maximum absolute atomic E-state index is 12.2. The molecule has 128 valence electrons. The zero-order chi connectivity index (χ0) is 16.1. The number of rotatable bonds is 4. The number of halogens is 1. The number of piperazine rings is 1. The first kappa shape index (κ1) is 19.4. The lowest BCUT2D eigenvalue weighted by Crippen LogP contribution is -2.51. The first-order valence-electron chi connectivity index (χ1n) is 7.53. The molecule has 1 aromatic rings. The largest absolute Gasteiger partial charge is 0.345 e. The van der Waals surface area contributed by atoms with Crippen LogP contribution < -0.4 is 10.6 Å². The first-order chi connectivity index (χ1) is 10.5. The molecule has 1 heterocycles. The summed E-state index contributed by atoms with van der Waals surface area (Å²) in [4.78, 5) is 27.8. The standard InChI is InChI=1S/C16H24N4O2.ClH/c1-12-10-17-7-8-20(12)11-15(21)18-14-6-4-5-13(9-14)16(22)19(2)3;/h4-6,9,12,17H,7-8,10-11H2,1-3H3,(H,18,21);1H/t12-;/m1./s1. The molecule has 1 fully saturated rings. The van der Waals surface area contributed by atoms with Crippen molar-refractivity contribution in [1.82, 2.24) is 15.1 Å². The van der Waals surface area contributed by atoms with Gasteiger partial charge in [0.2, 0.25) is 5.91 Å². The minimum Gasteiger partial charge on any atom is -0.345 e. The lowest BCUT2D eigenvalue weighted by Gasteiger charge is -2.33. The highest BCUT2D eigenvalue weighted by Gasteiger charge is 2.20. The van der Waals surface area contributed by atoms with E-state index in [-0.39, 0.29) is 24.2 Å². The van der Waals surface area contributed by atoms with Gasteiger partial charge >= 0.3 is 0 Å². The van der Waals surface area contributed by atoms with Crippen LogP contribution in [0, 0.1) is 0 Å². The van der Waals surface area contributed by atoms with E-state index in [9.17, 15) is 9.59 Å². The Morgan fingerprint density at radius 1 is 1.39 bits per heavy atom. The molecule has 1 atom stereocenters. The molecule has 1 aromatic carbocycles. The number of nitrogens with one attached hydrogen (secondary N) is 2. The number of amides is 2. The summed E-state index contributed by atoms with van der Waals surface area (Å²) in [6, 6.07) is 7.38. The molecule has 0 bridgehead atoms. The average Bonchev–Trinajstić information content (AvgIpc) is 2.49. The van der Waals surface area contributed by atoms with Crippen molar-refractivity contribution in [1.29, 1.82) is 0 Å². The minimum atomic E-state index is -0.0770. The van der Waals surface area contributed by atoms with Crippen molar-refractivity contribution in [2.75, 3.05) is 45.6 Å². The van der Waals surface area contributed by atoms with E-state index in [4.69, 9.17) is 0 Å². The van der Waals surface area contributed by atoms with Crippen molar-refractivity contribution in [3.63, 3.8) is 0 Å². The number of hydrogen-bond donors (Lipinski definition) is 2. The zero-order valence-corrected chi connectivity index (χ0v) is 14.7. The molecule has 0 aliphatic carbocycles. The van der Waals surface area contributed by atoms with E-state index in [1.54, 1.807) is 38.4 Å². The Labute approximate surface area is 143 Å². The maximum Gasteiger partial charge on any atom is 0.253 e. The lowest BCUT2D eigenvalue weighted by molar-refractivity contribution is -0.118. The number of benzene rings is 1. The first-order valence-corrected chi connectivity index (χ1v) is 7.53. The van der Waals surface area contributed by atoms with Gasteiger partial charge in [-0.05, 0) is 25.1 Å². The predicted molar refractivity (Wildman–Crippen MR) is 94.2 cm³/mol. The highest BCUT2D eigenvalue weighted by Crippen LogP contribution is 2.12. The molecule has 0 spiro atoms. The van der Waals surface area contributed by atoms with Crippen LogP contribution in [0.25, 0.3) is 0 Å². The summed E-state index contributed by atoms with van der Waals surface area (Å²) >= 11 is 0. The number of nitrogens with zero attached hydrogens (tertiary/aromatic N) is 2. The molecular formula is C16H25ClN4O2. The van der Waals surface area contributed by atoms with Crippen LogP contribution in [0.2, 0.25) is 0 Å². The fraction of sp³-hybridized carbons (Fsp3) is 0.500. The van der Waals surface area contributed by atoms with E-state index >= 15 is 0 Å². The highest BCUT2D eigenvalue weighted by atomic mass is 35.5. The summed E-state index contributed by atoms with van der Waals surface area (Å²) in [5, 5.41) is 6.17. The monoisotopic (exact) mass is 340 g/mol. The van der Waals surface area contributed by atoms with Crippen LogP contribution in [-0.2, 0) is 4.79 Å². The smallest absolute Gasteiger partial charge is 0.253 e. The Kier molecular flexibility index (Phi) is 7.48. The molecule has 7 heteroatoms. The van der Waals surface area contributed by atoms with Crippen molar-refractivity contribution in [2.24, 2.45) is 0 Å². The Balaban J connectivity index is 0.00000264. The molecule has 23 heavy (non-hydrogen) atoms. The van der Waals surface area contributed by atoms with Crippen LogP contribution in [0.15, 0.2) is 24.3 Å². The van der Waals surface area contributed by atoms with Crippen molar-refractivity contribution < 1.29 is 9.59 Å². The van der Waals surface area contributed by atoms with Crippen LogP contribution in [0.5, 0.6) is 0 Å². The fourth-order valence-electron chi connectivity index (χ4n) is 2.49.